The monoisotopic (exact) mass is 500 g/mol. The molecule has 1 fully saturated rings. The quantitative estimate of drug-likeness (QED) is 0.357. The van der Waals surface area contributed by atoms with Crippen LogP contribution in [0.4, 0.5) is 0 Å². The number of rotatable bonds is 6. The van der Waals surface area contributed by atoms with E-state index in [4.69, 9.17) is 9.15 Å². The smallest absolute Gasteiger partial charge is 0.191 e. The van der Waals surface area contributed by atoms with Crippen molar-refractivity contribution >= 4 is 40.9 Å². The summed E-state index contributed by atoms with van der Waals surface area (Å²) in [5.74, 6) is 3.13. The lowest BCUT2D eigenvalue weighted by Crippen LogP contribution is -2.44. The maximum atomic E-state index is 6.09. The minimum Gasteiger partial charge on any atom is -0.490 e. The van der Waals surface area contributed by atoms with Crippen LogP contribution in [0.5, 0.6) is 5.75 Å². The van der Waals surface area contributed by atoms with Gasteiger partial charge in [-0.15, -0.1) is 24.0 Å². The van der Waals surface area contributed by atoms with E-state index in [0.29, 0.717) is 12.5 Å². The number of nitrogens with one attached hydrogen (secondary N) is 2. The molecule has 3 rings (SSSR count). The number of nitrogens with zero attached hydrogens (tertiary/aromatic N) is 2. The fourth-order valence-electron chi connectivity index (χ4n) is 3.69. The van der Waals surface area contributed by atoms with E-state index < -0.39 is 0 Å². The van der Waals surface area contributed by atoms with Crippen LogP contribution >= 0.6 is 24.0 Å². The SMILES string of the molecule is CCOc1cccc2cc(C(C)NC(=NC)NCC3CCCN(C)C3)oc12.I. The van der Waals surface area contributed by atoms with Crippen LogP contribution in [0.3, 0.4) is 0 Å². The van der Waals surface area contributed by atoms with E-state index in [-0.39, 0.29) is 30.0 Å². The van der Waals surface area contributed by atoms with Crippen LogP contribution in [0, 0.1) is 5.92 Å². The van der Waals surface area contributed by atoms with Crippen LogP contribution < -0.4 is 15.4 Å². The van der Waals surface area contributed by atoms with Crippen LogP contribution in [-0.2, 0) is 0 Å². The molecule has 2 heterocycles. The summed E-state index contributed by atoms with van der Waals surface area (Å²) in [6, 6.07) is 8.06. The standard InChI is InChI=1S/C21H32N4O2.HI/c1-5-26-18-10-6-9-17-12-19(27-20(17)18)15(2)24-21(22-3)23-13-16-8-7-11-25(4)14-16;/h6,9-10,12,15-16H,5,7-8,11,13-14H2,1-4H3,(H2,22,23,24);1H. The number of halogens is 1. The second-order valence-corrected chi connectivity index (χ2v) is 7.35. The van der Waals surface area contributed by atoms with Gasteiger partial charge < -0.3 is 24.7 Å². The maximum absolute atomic E-state index is 6.09. The van der Waals surface area contributed by atoms with Gasteiger partial charge in [0.1, 0.15) is 5.76 Å². The first-order chi connectivity index (χ1) is 13.1. The van der Waals surface area contributed by atoms with Crippen molar-refractivity contribution in [1.29, 1.82) is 0 Å². The minimum absolute atomic E-state index is 0. The number of piperidine rings is 1. The Hall–Kier alpha value is -1.48. The van der Waals surface area contributed by atoms with Gasteiger partial charge in [-0.3, -0.25) is 4.99 Å². The van der Waals surface area contributed by atoms with E-state index in [1.54, 1.807) is 7.05 Å². The lowest BCUT2D eigenvalue weighted by Gasteiger charge is -2.30. The molecular weight excluding hydrogens is 467 g/mol. The van der Waals surface area contributed by atoms with Crippen molar-refractivity contribution in [2.75, 3.05) is 40.3 Å². The van der Waals surface area contributed by atoms with Gasteiger partial charge in [0, 0.05) is 25.5 Å². The van der Waals surface area contributed by atoms with Crippen molar-refractivity contribution in [3.8, 4) is 5.75 Å². The predicted octanol–water partition coefficient (Wildman–Crippen LogP) is 4.02. The van der Waals surface area contributed by atoms with E-state index in [1.807, 2.05) is 25.1 Å². The lowest BCUT2D eigenvalue weighted by atomic mass is 9.99. The average molecular weight is 500 g/mol. The Morgan fingerprint density at radius 2 is 2.25 bits per heavy atom. The molecule has 2 N–H and O–H groups in total. The Bertz CT molecular complexity index is 777. The highest BCUT2D eigenvalue weighted by Crippen LogP contribution is 2.31. The Kier molecular flexibility index (Phi) is 8.88. The number of benzene rings is 1. The van der Waals surface area contributed by atoms with E-state index in [1.165, 1.54) is 19.4 Å². The summed E-state index contributed by atoms with van der Waals surface area (Å²) in [4.78, 5) is 6.77. The average Bonchev–Trinajstić information content (AvgIpc) is 3.11. The summed E-state index contributed by atoms with van der Waals surface area (Å²) in [5.41, 5.74) is 0.802. The third-order valence-electron chi connectivity index (χ3n) is 5.11. The third-order valence-corrected chi connectivity index (χ3v) is 5.11. The molecule has 0 aliphatic carbocycles. The van der Waals surface area contributed by atoms with Gasteiger partial charge in [0.05, 0.1) is 12.6 Å². The van der Waals surface area contributed by atoms with Crippen molar-refractivity contribution in [2.24, 2.45) is 10.9 Å². The molecule has 7 heteroatoms. The topological polar surface area (TPSA) is 62.0 Å². The van der Waals surface area contributed by atoms with E-state index >= 15 is 0 Å². The molecule has 1 aromatic carbocycles. The summed E-state index contributed by atoms with van der Waals surface area (Å²) in [6.07, 6.45) is 2.54. The highest BCUT2D eigenvalue weighted by atomic mass is 127. The fraction of sp³-hybridized carbons (Fsp3) is 0.571. The minimum atomic E-state index is 0. The predicted molar refractivity (Wildman–Crippen MR) is 126 cm³/mol. The van der Waals surface area contributed by atoms with Gasteiger partial charge >= 0.3 is 0 Å². The molecule has 2 atom stereocenters. The van der Waals surface area contributed by atoms with Crippen molar-refractivity contribution in [3.05, 3.63) is 30.0 Å². The molecule has 1 aliphatic heterocycles. The second kappa shape index (κ2) is 10.9. The molecule has 1 aliphatic rings. The normalized spacial score (nSPS) is 19.1. The van der Waals surface area contributed by atoms with Crippen LogP contribution in [0.15, 0.2) is 33.7 Å². The van der Waals surface area contributed by atoms with Crippen molar-refractivity contribution in [2.45, 2.75) is 32.7 Å². The number of hydrogen-bond donors (Lipinski definition) is 2. The Morgan fingerprint density at radius 3 is 2.96 bits per heavy atom. The van der Waals surface area contributed by atoms with E-state index in [0.717, 1.165) is 41.5 Å². The van der Waals surface area contributed by atoms with Crippen molar-refractivity contribution in [3.63, 3.8) is 0 Å². The summed E-state index contributed by atoms with van der Waals surface area (Å²) in [5, 5.41) is 7.96. The maximum Gasteiger partial charge on any atom is 0.191 e. The van der Waals surface area contributed by atoms with Crippen LogP contribution in [0.1, 0.15) is 38.5 Å². The zero-order valence-electron chi connectivity index (χ0n) is 17.3. The zero-order valence-corrected chi connectivity index (χ0v) is 19.7. The number of aliphatic imine (C=N–C) groups is 1. The molecule has 156 valence electrons. The van der Waals surface area contributed by atoms with Gasteiger partial charge in [0.15, 0.2) is 17.3 Å². The number of likely N-dealkylation sites (tertiary alicyclic amines) is 1. The Labute approximate surface area is 185 Å². The van der Waals surface area contributed by atoms with E-state index in [9.17, 15) is 0 Å². The van der Waals surface area contributed by atoms with Crippen molar-refractivity contribution in [1.82, 2.24) is 15.5 Å². The number of guanidine groups is 1. The molecule has 2 aromatic rings. The first-order valence-corrected chi connectivity index (χ1v) is 9.91. The molecule has 1 saturated heterocycles. The molecule has 0 saturated carbocycles. The highest BCUT2D eigenvalue weighted by Gasteiger charge is 2.19. The third kappa shape index (κ3) is 5.76. The van der Waals surface area contributed by atoms with Gasteiger partial charge in [-0.05, 0) is 58.3 Å². The number of furan rings is 1. The van der Waals surface area contributed by atoms with E-state index in [2.05, 4.69) is 40.6 Å². The van der Waals surface area contributed by atoms with Gasteiger partial charge in [-0.2, -0.15) is 0 Å². The molecule has 2 unspecified atom stereocenters. The largest absolute Gasteiger partial charge is 0.490 e. The summed E-state index contributed by atoms with van der Waals surface area (Å²) in [6.45, 7) is 7.97. The van der Waals surface area contributed by atoms with Crippen LogP contribution in [-0.4, -0.2) is 51.2 Å². The van der Waals surface area contributed by atoms with Gasteiger partial charge in [0.2, 0.25) is 0 Å². The number of hydrogen-bond acceptors (Lipinski definition) is 4. The fourth-order valence-corrected chi connectivity index (χ4v) is 3.69. The molecule has 0 amide bonds. The Morgan fingerprint density at radius 1 is 1.43 bits per heavy atom. The summed E-state index contributed by atoms with van der Waals surface area (Å²) in [7, 11) is 4.00. The highest BCUT2D eigenvalue weighted by molar-refractivity contribution is 14.0. The van der Waals surface area contributed by atoms with Gasteiger partial charge in [-0.25, -0.2) is 0 Å². The number of fused-ring (bicyclic) bond motifs is 1. The Balaban J connectivity index is 0.00000280. The van der Waals surface area contributed by atoms with Crippen LogP contribution in [0.2, 0.25) is 0 Å². The van der Waals surface area contributed by atoms with Gasteiger partial charge in [0.25, 0.3) is 0 Å². The zero-order chi connectivity index (χ0) is 19.2. The summed E-state index contributed by atoms with van der Waals surface area (Å²) < 4.78 is 11.8. The van der Waals surface area contributed by atoms with Gasteiger partial charge in [-0.1, -0.05) is 12.1 Å². The molecule has 0 radical (unpaired) electrons. The summed E-state index contributed by atoms with van der Waals surface area (Å²) >= 11 is 0. The molecule has 6 nitrogen and oxygen atoms in total. The first-order valence-electron chi connectivity index (χ1n) is 9.91. The van der Waals surface area contributed by atoms with Crippen LogP contribution in [0.25, 0.3) is 11.0 Å². The molecule has 28 heavy (non-hydrogen) atoms. The molecular formula is C21H33IN4O2. The second-order valence-electron chi connectivity index (χ2n) is 7.35. The molecule has 0 bridgehead atoms. The number of ether oxygens (including phenoxy) is 1. The lowest BCUT2D eigenvalue weighted by molar-refractivity contribution is 0.210. The number of para-hydroxylation sites is 1. The molecule has 0 spiro atoms. The molecule has 1 aromatic heterocycles. The first kappa shape index (κ1) is 22.8. The van der Waals surface area contributed by atoms with Crippen molar-refractivity contribution < 1.29 is 9.15 Å².